The predicted octanol–water partition coefficient (Wildman–Crippen LogP) is 7.88. The van der Waals surface area contributed by atoms with Crippen LogP contribution in [0.5, 0.6) is 0 Å². The number of nitrogens with zero attached hydrogens (tertiary/aromatic N) is 3. The fraction of sp³-hybridized carbons (Fsp3) is 0.674. The van der Waals surface area contributed by atoms with Crippen LogP contribution in [0.4, 0.5) is 42.5 Å². The van der Waals surface area contributed by atoms with Crippen molar-refractivity contribution in [2.24, 2.45) is 11.8 Å². The highest BCUT2D eigenvalue weighted by Gasteiger charge is 2.41. The summed E-state index contributed by atoms with van der Waals surface area (Å²) in [7, 11) is 1.35. The molecular weight excluding hydrogens is 851 g/mol. The molecule has 4 aliphatic heterocycles. The van der Waals surface area contributed by atoms with E-state index in [2.05, 4.69) is 5.32 Å². The summed E-state index contributed by atoms with van der Waals surface area (Å²) in [5, 5.41) is 22.5. The summed E-state index contributed by atoms with van der Waals surface area (Å²) in [5.41, 5.74) is -0.149. The molecule has 0 unspecified atom stereocenters. The van der Waals surface area contributed by atoms with Gasteiger partial charge in [-0.15, -0.1) is 0 Å². The normalized spacial score (nSPS) is 22.8. The molecule has 1 amide bonds. The molecule has 0 bridgehead atoms. The molecule has 4 fully saturated rings. The summed E-state index contributed by atoms with van der Waals surface area (Å²) >= 11 is 0. The Labute approximate surface area is 371 Å². The van der Waals surface area contributed by atoms with Crippen LogP contribution in [-0.4, -0.2) is 116 Å². The van der Waals surface area contributed by atoms with Gasteiger partial charge in [0.05, 0.1) is 49.3 Å². The second-order valence-corrected chi connectivity index (χ2v) is 19.2. The highest BCUT2D eigenvalue weighted by molar-refractivity contribution is 5.74. The summed E-state index contributed by atoms with van der Waals surface area (Å²) in [4.78, 5) is 42.3. The van der Waals surface area contributed by atoms with E-state index >= 15 is 0 Å². The second-order valence-electron chi connectivity index (χ2n) is 19.2. The number of rotatable bonds is 8. The van der Waals surface area contributed by atoms with Gasteiger partial charge in [0, 0.05) is 62.6 Å². The van der Waals surface area contributed by atoms with Gasteiger partial charge in [-0.2, -0.15) is 26.3 Å². The Hall–Kier alpha value is -4.29. The van der Waals surface area contributed by atoms with Crippen LogP contribution >= 0.6 is 0 Å². The number of methoxy groups -OCH3 is 1. The molecule has 4 aliphatic rings. The van der Waals surface area contributed by atoms with Crippen LogP contribution in [0.25, 0.3) is 0 Å². The SMILES string of the molecule is CC(C)(C)OC(=O)C1CCN(c2cc(C(F)(F)F)ccc2[C@@H]2C[C@@H](CO)N(C(=O)OC(C)(C)C)C2)CC1.COC(=O)C1CCN(c2cc(C(F)(F)F)ccc2[C@H]2CN[C@H](CO)C2)CC1. The number of piperidine rings is 2. The Bertz CT molecular complexity index is 1920. The molecule has 3 N–H and O–H groups in total. The minimum absolute atomic E-state index is 0.0109. The third-order valence-corrected chi connectivity index (χ3v) is 12.2. The van der Waals surface area contributed by atoms with E-state index in [-0.39, 0.29) is 61.4 Å². The van der Waals surface area contributed by atoms with Crippen LogP contribution in [0.2, 0.25) is 0 Å². The number of likely N-dealkylation sites (tertiary alicyclic amines) is 1. The van der Waals surface area contributed by atoms with E-state index in [0.29, 0.717) is 88.2 Å². The first-order valence-electron chi connectivity index (χ1n) is 22.0. The van der Waals surface area contributed by atoms with Gasteiger partial charge in [-0.25, -0.2) is 4.79 Å². The van der Waals surface area contributed by atoms with Gasteiger partial charge in [0.15, 0.2) is 0 Å². The van der Waals surface area contributed by atoms with Gasteiger partial charge < -0.3 is 44.4 Å². The Kier molecular flexibility index (Phi) is 16.2. The minimum Gasteiger partial charge on any atom is -0.469 e. The van der Waals surface area contributed by atoms with Crippen LogP contribution < -0.4 is 15.1 Å². The molecule has 12 nitrogen and oxygen atoms in total. The summed E-state index contributed by atoms with van der Waals surface area (Å²) in [6.07, 6.45) is -6.31. The van der Waals surface area contributed by atoms with E-state index in [1.54, 1.807) is 47.6 Å². The van der Waals surface area contributed by atoms with Crippen LogP contribution in [0, 0.1) is 11.8 Å². The van der Waals surface area contributed by atoms with Crippen molar-refractivity contribution < 1.29 is 65.1 Å². The Balaban J connectivity index is 0.000000253. The zero-order chi connectivity index (χ0) is 47.4. The number of alkyl halides is 6. The Morgan fingerprint density at radius 3 is 1.55 bits per heavy atom. The molecule has 2 aromatic carbocycles. The van der Waals surface area contributed by atoms with Crippen molar-refractivity contribution in [2.45, 2.75) is 128 Å². The number of benzene rings is 2. The summed E-state index contributed by atoms with van der Waals surface area (Å²) in [6.45, 7) is 13.1. The molecule has 4 saturated heterocycles. The van der Waals surface area contributed by atoms with Crippen LogP contribution in [-0.2, 0) is 36.2 Å². The topological polar surface area (TPSA) is 141 Å². The molecule has 6 rings (SSSR count). The molecule has 2 aromatic rings. The maximum Gasteiger partial charge on any atom is 0.416 e. The highest BCUT2D eigenvalue weighted by atomic mass is 19.4. The molecule has 4 heterocycles. The number of carbonyl (C=O) groups excluding carboxylic acids is 3. The lowest BCUT2D eigenvalue weighted by molar-refractivity contribution is -0.160. The number of amides is 1. The van der Waals surface area contributed by atoms with Crippen molar-refractivity contribution in [3.05, 3.63) is 58.7 Å². The minimum atomic E-state index is -4.51. The zero-order valence-corrected chi connectivity index (χ0v) is 37.8. The summed E-state index contributed by atoms with van der Waals surface area (Å²) < 4.78 is 96.4. The molecular formula is C46H64F6N4O8. The van der Waals surface area contributed by atoms with Gasteiger partial charge in [0.25, 0.3) is 0 Å². The first-order chi connectivity index (χ1) is 29.8. The van der Waals surface area contributed by atoms with Crippen molar-refractivity contribution >= 4 is 29.4 Å². The number of aliphatic hydroxyl groups is 2. The number of aliphatic hydroxyl groups excluding tert-OH is 2. The summed E-state index contributed by atoms with van der Waals surface area (Å²) in [5.74, 6) is -1.27. The predicted molar refractivity (Wildman–Crippen MR) is 228 cm³/mol. The van der Waals surface area contributed by atoms with Crippen molar-refractivity contribution in [3.8, 4) is 0 Å². The molecule has 18 heteroatoms. The van der Waals surface area contributed by atoms with Crippen molar-refractivity contribution in [1.29, 1.82) is 0 Å². The van der Waals surface area contributed by atoms with Crippen LogP contribution in [0.1, 0.15) is 114 Å². The standard InChI is InChI=1S/C27H39F3N2O5.C19H25F3N2O3/c1-25(2,3)36-23(34)17-9-11-31(12-10-17)22-14-19(27(28,29)30)7-8-21(22)18-13-20(16-33)32(15-18)24(35)37-26(4,5)6;1-27-18(26)12-4-6-24(7-5-12)17-9-14(19(20,21)22)2-3-16(17)13-8-15(11-25)23-10-13/h7-8,14,17-18,20,33H,9-13,15-16H2,1-6H3;2-3,9,12-13,15,23,25H,4-8,10-11H2,1H3/t18-,20+;13-,15+/m11/s1. The maximum absolute atomic E-state index is 13.6. The van der Waals surface area contributed by atoms with Crippen molar-refractivity contribution in [1.82, 2.24) is 10.2 Å². The number of esters is 2. The molecule has 0 aliphatic carbocycles. The molecule has 64 heavy (non-hydrogen) atoms. The zero-order valence-electron chi connectivity index (χ0n) is 37.8. The molecule has 0 spiro atoms. The van der Waals surface area contributed by atoms with E-state index < -0.39 is 46.8 Å². The maximum atomic E-state index is 13.6. The van der Waals surface area contributed by atoms with E-state index in [1.165, 1.54) is 24.1 Å². The monoisotopic (exact) mass is 914 g/mol. The van der Waals surface area contributed by atoms with E-state index in [1.807, 2.05) is 9.80 Å². The second kappa shape index (κ2) is 20.5. The number of carbonyl (C=O) groups is 3. The number of halogens is 6. The third kappa shape index (κ3) is 13.2. The largest absolute Gasteiger partial charge is 0.469 e. The average Bonchev–Trinajstić information content (AvgIpc) is 3.90. The third-order valence-electron chi connectivity index (χ3n) is 12.2. The molecule has 0 aromatic heterocycles. The molecule has 358 valence electrons. The van der Waals surface area contributed by atoms with E-state index in [4.69, 9.17) is 14.2 Å². The van der Waals surface area contributed by atoms with Gasteiger partial charge in [-0.1, -0.05) is 12.1 Å². The van der Waals surface area contributed by atoms with E-state index in [9.17, 15) is 50.9 Å². The van der Waals surface area contributed by atoms with E-state index in [0.717, 1.165) is 23.8 Å². The van der Waals surface area contributed by atoms with Gasteiger partial charge >= 0.3 is 30.4 Å². The lowest BCUT2D eigenvalue weighted by Gasteiger charge is -2.36. The molecule has 0 saturated carbocycles. The summed E-state index contributed by atoms with van der Waals surface area (Å²) in [6, 6.07) is 7.10. The number of hydrogen-bond acceptors (Lipinski definition) is 11. The highest BCUT2D eigenvalue weighted by Crippen LogP contribution is 2.43. The number of ether oxygens (including phenoxy) is 3. The Morgan fingerprint density at radius 1 is 0.672 bits per heavy atom. The van der Waals surface area contributed by atoms with Crippen molar-refractivity contribution in [3.63, 3.8) is 0 Å². The lowest BCUT2D eigenvalue weighted by atomic mass is 9.90. The van der Waals surface area contributed by atoms with Gasteiger partial charge in [0.2, 0.25) is 0 Å². The fourth-order valence-corrected chi connectivity index (χ4v) is 9.00. The van der Waals surface area contributed by atoms with Crippen molar-refractivity contribution in [2.75, 3.05) is 69.4 Å². The van der Waals surface area contributed by atoms with Gasteiger partial charge in [-0.05, 0) is 121 Å². The number of hydrogen-bond donors (Lipinski definition) is 3. The molecule has 4 atom stereocenters. The van der Waals surface area contributed by atoms with Gasteiger partial charge in [0.1, 0.15) is 11.2 Å². The number of nitrogens with one attached hydrogen (secondary N) is 1. The molecule has 0 radical (unpaired) electrons. The lowest BCUT2D eigenvalue weighted by Crippen LogP contribution is -2.41. The van der Waals surface area contributed by atoms with Gasteiger partial charge in [-0.3, -0.25) is 9.59 Å². The Morgan fingerprint density at radius 2 is 1.14 bits per heavy atom. The average molecular weight is 915 g/mol. The first kappa shape index (κ1) is 50.7. The smallest absolute Gasteiger partial charge is 0.416 e. The number of anilines is 2. The quantitative estimate of drug-likeness (QED) is 0.135. The fourth-order valence-electron chi connectivity index (χ4n) is 9.00. The van der Waals surface area contributed by atoms with Crippen LogP contribution in [0.3, 0.4) is 0 Å². The first-order valence-corrected chi connectivity index (χ1v) is 22.0. The van der Waals surface area contributed by atoms with Crippen LogP contribution in [0.15, 0.2) is 36.4 Å².